The number of benzene rings is 1. The van der Waals surface area contributed by atoms with Crippen LogP contribution in [-0.2, 0) is 5.75 Å². The van der Waals surface area contributed by atoms with Crippen molar-refractivity contribution in [1.82, 2.24) is 0 Å². The van der Waals surface area contributed by atoms with Crippen molar-refractivity contribution in [1.29, 1.82) is 0 Å². The molecule has 0 bridgehead atoms. The second-order valence-corrected chi connectivity index (χ2v) is 3.67. The summed E-state index contributed by atoms with van der Waals surface area (Å²) < 4.78 is 0. The summed E-state index contributed by atoms with van der Waals surface area (Å²) in [4.78, 5) is 19.8. The van der Waals surface area contributed by atoms with Crippen LogP contribution in [0, 0.1) is 20.2 Å². The number of non-ortho nitro benzene ring substituents is 2. The van der Waals surface area contributed by atoms with Gasteiger partial charge < -0.3 is 0 Å². The maximum absolute atomic E-state index is 10.5. The molecule has 0 atom stereocenters. The first-order chi connectivity index (χ1) is 7.04. The number of nitro groups is 2. The number of hydrogen-bond acceptors (Lipinski definition) is 5. The van der Waals surface area contributed by atoms with Gasteiger partial charge in [0.05, 0.1) is 15.9 Å². The van der Waals surface area contributed by atoms with Crippen molar-refractivity contribution in [3.05, 3.63) is 44.0 Å². The molecule has 0 aliphatic rings. The summed E-state index contributed by atoms with van der Waals surface area (Å²) >= 11 is 1.45. The van der Waals surface area contributed by atoms with Crippen LogP contribution in [0.1, 0.15) is 5.56 Å². The van der Waals surface area contributed by atoms with Crippen LogP contribution in [0.3, 0.4) is 0 Å². The highest BCUT2D eigenvalue weighted by Crippen LogP contribution is 2.24. The fourth-order valence-electron chi connectivity index (χ4n) is 1.12. The highest BCUT2D eigenvalue weighted by molar-refractivity contribution is 7.97. The Morgan fingerprint density at radius 3 is 1.93 bits per heavy atom. The molecule has 0 spiro atoms. The molecule has 1 aromatic carbocycles. The molecule has 0 radical (unpaired) electrons. The van der Waals surface area contributed by atoms with E-state index in [4.69, 9.17) is 0 Å². The predicted octanol–water partition coefficient (Wildman–Crippen LogP) is 2.37. The lowest BCUT2D eigenvalue weighted by atomic mass is 10.2. The van der Waals surface area contributed by atoms with Crippen LogP contribution in [0.5, 0.6) is 0 Å². The molecule has 1 aromatic rings. The monoisotopic (exact) mass is 228 g/mol. The maximum Gasteiger partial charge on any atom is 0.276 e. The molecule has 0 aliphatic heterocycles. The molecule has 0 N–H and O–H groups in total. The lowest BCUT2D eigenvalue weighted by molar-refractivity contribution is -0.394. The molecule has 6 nitrogen and oxygen atoms in total. The molecule has 80 valence electrons. The molecule has 0 aromatic heterocycles. The number of rotatable bonds is 4. The molecule has 0 saturated heterocycles. The van der Waals surface area contributed by atoms with Crippen molar-refractivity contribution in [3.63, 3.8) is 0 Å². The topological polar surface area (TPSA) is 86.3 Å². The van der Waals surface area contributed by atoms with E-state index in [-0.39, 0.29) is 11.4 Å². The average molecular weight is 228 g/mol. The van der Waals surface area contributed by atoms with E-state index in [0.717, 1.165) is 6.07 Å². The van der Waals surface area contributed by atoms with E-state index in [1.807, 2.05) is 6.26 Å². The molecular formula is C8H8N2O4S. The van der Waals surface area contributed by atoms with Crippen molar-refractivity contribution in [3.8, 4) is 0 Å². The summed E-state index contributed by atoms with van der Waals surface area (Å²) in [5.74, 6) is 0.516. The molecule has 0 aliphatic carbocycles. The van der Waals surface area contributed by atoms with E-state index < -0.39 is 9.85 Å². The van der Waals surface area contributed by atoms with Gasteiger partial charge in [-0.15, -0.1) is 0 Å². The predicted molar refractivity (Wildman–Crippen MR) is 57.0 cm³/mol. The fourth-order valence-corrected chi connectivity index (χ4v) is 1.62. The summed E-state index contributed by atoms with van der Waals surface area (Å²) in [6, 6.07) is 3.66. The van der Waals surface area contributed by atoms with E-state index >= 15 is 0 Å². The Kier molecular flexibility index (Phi) is 3.62. The lowest BCUT2D eigenvalue weighted by Gasteiger charge is -1.99. The van der Waals surface area contributed by atoms with E-state index in [0.29, 0.717) is 11.3 Å². The standard InChI is InChI=1S/C8H8N2O4S/c1-15-5-6-2-7(9(11)12)4-8(3-6)10(13)14/h2-4H,5H2,1H3. The van der Waals surface area contributed by atoms with Gasteiger partial charge in [0.2, 0.25) is 0 Å². The lowest BCUT2D eigenvalue weighted by Crippen LogP contribution is -1.94. The van der Waals surface area contributed by atoms with Crippen LogP contribution in [-0.4, -0.2) is 16.1 Å². The molecule has 0 amide bonds. The number of nitrogens with zero attached hydrogens (tertiary/aromatic N) is 2. The second kappa shape index (κ2) is 4.74. The maximum atomic E-state index is 10.5. The number of hydrogen-bond donors (Lipinski definition) is 0. The summed E-state index contributed by atoms with van der Waals surface area (Å²) in [5.41, 5.74) is 0.102. The summed E-state index contributed by atoms with van der Waals surface area (Å²) in [6.45, 7) is 0. The van der Waals surface area contributed by atoms with Crippen LogP contribution < -0.4 is 0 Å². The minimum absolute atomic E-state index is 0.242. The van der Waals surface area contributed by atoms with E-state index in [2.05, 4.69) is 0 Å². The Bertz CT molecular complexity index is 375. The van der Waals surface area contributed by atoms with Crippen LogP contribution >= 0.6 is 11.8 Å². The highest BCUT2D eigenvalue weighted by Gasteiger charge is 2.15. The van der Waals surface area contributed by atoms with Crippen LogP contribution in [0.4, 0.5) is 11.4 Å². The second-order valence-electron chi connectivity index (χ2n) is 2.80. The van der Waals surface area contributed by atoms with Crippen LogP contribution in [0.2, 0.25) is 0 Å². The number of thioether (sulfide) groups is 1. The van der Waals surface area contributed by atoms with Crippen LogP contribution in [0.15, 0.2) is 18.2 Å². The van der Waals surface area contributed by atoms with E-state index in [9.17, 15) is 20.2 Å². The SMILES string of the molecule is CSCc1cc([N+](=O)[O-])cc([N+](=O)[O-])c1. The van der Waals surface area contributed by atoms with Gasteiger partial charge in [0.15, 0.2) is 0 Å². The Labute approximate surface area is 89.6 Å². The number of nitro benzene ring substituents is 2. The Hall–Kier alpha value is -1.63. The van der Waals surface area contributed by atoms with Crippen molar-refractivity contribution in [2.45, 2.75) is 5.75 Å². The Morgan fingerprint density at radius 2 is 1.60 bits per heavy atom. The van der Waals surface area contributed by atoms with Gasteiger partial charge in [-0.3, -0.25) is 20.2 Å². The third kappa shape index (κ3) is 2.91. The first-order valence-electron chi connectivity index (χ1n) is 3.96. The van der Waals surface area contributed by atoms with E-state index in [1.165, 1.54) is 23.9 Å². The van der Waals surface area contributed by atoms with Gasteiger partial charge in [-0.1, -0.05) is 0 Å². The first-order valence-corrected chi connectivity index (χ1v) is 5.35. The largest absolute Gasteiger partial charge is 0.276 e. The fraction of sp³-hybridized carbons (Fsp3) is 0.250. The van der Waals surface area contributed by atoms with Gasteiger partial charge in [0.1, 0.15) is 0 Å². The van der Waals surface area contributed by atoms with Gasteiger partial charge in [-0.25, -0.2) is 0 Å². The van der Waals surface area contributed by atoms with E-state index in [1.54, 1.807) is 0 Å². The summed E-state index contributed by atoms with van der Waals surface area (Å²) in [5, 5.41) is 21.0. The summed E-state index contributed by atoms with van der Waals surface area (Å²) in [6.07, 6.45) is 1.82. The zero-order chi connectivity index (χ0) is 11.4. The van der Waals surface area contributed by atoms with Crippen LogP contribution in [0.25, 0.3) is 0 Å². The Balaban J connectivity index is 3.19. The molecule has 0 fully saturated rings. The van der Waals surface area contributed by atoms with Crippen molar-refractivity contribution >= 4 is 23.1 Å². The molecule has 0 heterocycles. The third-order valence-electron chi connectivity index (χ3n) is 1.69. The third-order valence-corrected chi connectivity index (χ3v) is 2.32. The van der Waals surface area contributed by atoms with Crippen molar-refractivity contribution < 1.29 is 9.85 Å². The normalized spacial score (nSPS) is 9.93. The van der Waals surface area contributed by atoms with Crippen molar-refractivity contribution in [2.24, 2.45) is 0 Å². The zero-order valence-corrected chi connectivity index (χ0v) is 8.69. The molecule has 7 heteroatoms. The van der Waals surface area contributed by atoms with Crippen molar-refractivity contribution in [2.75, 3.05) is 6.26 Å². The quantitative estimate of drug-likeness (QED) is 0.583. The van der Waals surface area contributed by atoms with Gasteiger partial charge in [0.25, 0.3) is 11.4 Å². The highest BCUT2D eigenvalue weighted by atomic mass is 32.2. The average Bonchev–Trinajstić information content (AvgIpc) is 2.17. The minimum Gasteiger partial charge on any atom is -0.258 e. The minimum atomic E-state index is -0.628. The first kappa shape index (κ1) is 11.4. The van der Waals surface area contributed by atoms with Gasteiger partial charge in [0, 0.05) is 17.9 Å². The molecular weight excluding hydrogens is 220 g/mol. The molecule has 0 saturated carbocycles. The molecule has 1 rings (SSSR count). The van der Waals surface area contributed by atoms with Gasteiger partial charge >= 0.3 is 0 Å². The smallest absolute Gasteiger partial charge is 0.258 e. The molecule has 0 unspecified atom stereocenters. The van der Waals surface area contributed by atoms with Gasteiger partial charge in [-0.05, 0) is 11.8 Å². The molecule has 15 heavy (non-hydrogen) atoms. The Morgan fingerprint density at radius 1 is 1.13 bits per heavy atom. The summed E-state index contributed by atoms with van der Waals surface area (Å²) in [7, 11) is 0. The zero-order valence-electron chi connectivity index (χ0n) is 7.87. The van der Waals surface area contributed by atoms with Gasteiger partial charge in [-0.2, -0.15) is 11.8 Å².